The molecule has 2 N–H and O–H groups in total. The van der Waals surface area contributed by atoms with Crippen LogP contribution in [0.1, 0.15) is 39.2 Å². The third-order valence-electron chi connectivity index (χ3n) is 4.36. The molecule has 2 rings (SSSR count). The first-order valence-electron chi connectivity index (χ1n) is 9.25. The van der Waals surface area contributed by atoms with Crippen LogP contribution in [0.2, 0.25) is 0 Å². The molecule has 1 aliphatic heterocycles. The molecule has 146 valence electrons. The Hall–Kier alpha value is -2.75. The molecule has 0 spiro atoms. The number of amides is 2. The lowest BCUT2D eigenvalue weighted by Crippen LogP contribution is -2.44. The number of hydrogen-bond acceptors (Lipinski definition) is 5. The first-order chi connectivity index (χ1) is 12.8. The monoisotopic (exact) mass is 372 g/mol. The fourth-order valence-electron chi connectivity index (χ4n) is 2.88. The highest BCUT2D eigenvalue weighted by Gasteiger charge is 2.24. The zero-order valence-corrected chi connectivity index (χ0v) is 16.2. The van der Waals surface area contributed by atoms with Gasteiger partial charge in [0.05, 0.1) is 18.2 Å². The van der Waals surface area contributed by atoms with Gasteiger partial charge in [-0.15, -0.1) is 0 Å². The first-order valence-corrected chi connectivity index (χ1v) is 9.25. The average molecular weight is 372 g/mol. The van der Waals surface area contributed by atoms with Gasteiger partial charge in [-0.25, -0.2) is 4.79 Å². The predicted octanol–water partition coefficient (Wildman–Crippen LogP) is 2.73. The number of ether oxygens (including phenoxy) is 1. The van der Waals surface area contributed by atoms with Gasteiger partial charge in [-0.1, -0.05) is 0 Å². The van der Waals surface area contributed by atoms with Gasteiger partial charge in [0, 0.05) is 25.3 Å². The predicted molar refractivity (Wildman–Crippen MR) is 103 cm³/mol. The Kier molecular flexibility index (Phi) is 7.05. The van der Waals surface area contributed by atoms with Crippen molar-refractivity contribution in [2.45, 2.75) is 39.2 Å². The quantitative estimate of drug-likeness (QED) is 0.829. The summed E-state index contributed by atoms with van der Waals surface area (Å²) >= 11 is 0. The number of benzene rings is 1. The van der Waals surface area contributed by atoms with E-state index in [9.17, 15) is 9.59 Å². The zero-order chi connectivity index (χ0) is 19.9. The minimum atomic E-state index is -0.498. The van der Waals surface area contributed by atoms with Gasteiger partial charge in [-0.05, 0) is 63.8 Å². The van der Waals surface area contributed by atoms with Crippen LogP contribution in [-0.4, -0.2) is 48.7 Å². The van der Waals surface area contributed by atoms with E-state index < -0.39 is 11.7 Å². The van der Waals surface area contributed by atoms with Crippen molar-refractivity contribution in [3.63, 3.8) is 0 Å². The minimum absolute atomic E-state index is 0.0536. The maximum absolute atomic E-state index is 12.3. The van der Waals surface area contributed by atoms with E-state index in [1.165, 1.54) is 0 Å². The van der Waals surface area contributed by atoms with Crippen LogP contribution in [0.4, 0.5) is 10.5 Å². The molecule has 0 aliphatic carbocycles. The summed E-state index contributed by atoms with van der Waals surface area (Å²) in [6.45, 7) is 7.68. The molecular weight excluding hydrogens is 344 g/mol. The van der Waals surface area contributed by atoms with E-state index in [0.717, 1.165) is 18.5 Å². The Bertz CT molecular complexity index is 681. The molecule has 1 fully saturated rings. The van der Waals surface area contributed by atoms with Gasteiger partial charge in [-0.3, -0.25) is 4.79 Å². The van der Waals surface area contributed by atoms with Crippen molar-refractivity contribution in [3.05, 3.63) is 29.8 Å². The van der Waals surface area contributed by atoms with E-state index in [2.05, 4.69) is 16.7 Å². The van der Waals surface area contributed by atoms with Crippen LogP contribution < -0.4 is 10.6 Å². The highest BCUT2D eigenvalue weighted by atomic mass is 16.6. The normalized spacial score (nSPS) is 15.0. The number of rotatable bonds is 5. The highest BCUT2D eigenvalue weighted by Crippen LogP contribution is 2.17. The van der Waals surface area contributed by atoms with E-state index in [1.807, 2.05) is 25.7 Å². The average Bonchev–Trinajstić information content (AvgIpc) is 2.64. The number of hydrogen-bond donors (Lipinski definition) is 2. The molecule has 2 amide bonds. The van der Waals surface area contributed by atoms with Crippen molar-refractivity contribution in [1.29, 1.82) is 5.26 Å². The number of likely N-dealkylation sites (tertiary alicyclic amines) is 1. The Morgan fingerprint density at radius 2 is 1.85 bits per heavy atom. The molecule has 0 atom stereocenters. The van der Waals surface area contributed by atoms with Crippen LogP contribution in [0.5, 0.6) is 0 Å². The molecule has 7 nitrogen and oxygen atoms in total. The topological polar surface area (TPSA) is 94.5 Å². The smallest absolute Gasteiger partial charge is 0.407 e. The molecule has 1 aromatic carbocycles. The molecule has 1 aliphatic rings. The number of carbonyl (C=O) groups is 2. The van der Waals surface area contributed by atoms with Crippen LogP contribution in [0.25, 0.3) is 0 Å². The maximum atomic E-state index is 12.3. The summed E-state index contributed by atoms with van der Waals surface area (Å²) in [6, 6.07) is 9.09. The zero-order valence-electron chi connectivity index (χ0n) is 16.2. The number of nitrogens with zero attached hydrogens (tertiary/aromatic N) is 2. The van der Waals surface area contributed by atoms with E-state index in [0.29, 0.717) is 31.1 Å². The number of carbonyl (C=O) groups excluding carboxylic acids is 2. The standard InChI is InChI=1S/C20H28N4O3/c1-20(2,3)27-19(26)23-13-16-8-10-24(11-9-16)18(25)14-22-17-6-4-15(12-21)5-7-17/h4-7,16,22H,8-11,13-14H2,1-3H3,(H,23,26). The van der Waals surface area contributed by atoms with Gasteiger partial charge in [0.2, 0.25) is 5.91 Å². The van der Waals surface area contributed by atoms with Gasteiger partial charge in [0.15, 0.2) is 0 Å². The largest absolute Gasteiger partial charge is 0.444 e. The van der Waals surface area contributed by atoms with E-state index in [1.54, 1.807) is 24.3 Å². The van der Waals surface area contributed by atoms with Crippen LogP contribution >= 0.6 is 0 Å². The van der Waals surface area contributed by atoms with Crippen molar-refractivity contribution in [1.82, 2.24) is 10.2 Å². The van der Waals surface area contributed by atoms with Gasteiger partial charge in [0.25, 0.3) is 0 Å². The molecule has 0 unspecified atom stereocenters. The number of anilines is 1. The number of piperidine rings is 1. The lowest BCUT2D eigenvalue weighted by Gasteiger charge is -2.32. The number of nitriles is 1. The molecule has 1 aromatic rings. The summed E-state index contributed by atoms with van der Waals surface area (Å²) in [5.41, 5.74) is 0.912. The summed E-state index contributed by atoms with van der Waals surface area (Å²) in [5, 5.41) is 14.7. The molecule has 27 heavy (non-hydrogen) atoms. The SMILES string of the molecule is CC(C)(C)OC(=O)NCC1CCN(C(=O)CNc2ccc(C#N)cc2)CC1. The fourth-order valence-corrected chi connectivity index (χ4v) is 2.88. The summed E-state index contributed by atoms with van der Waals surface area (Å²) in [4.78, 5) is 25.9. The summed E-state index contributed by atoms with van der Waals surface area (Å²) < 4.78 is 5.24. The third-order valence-corrected chi connectivity index (χ3v) is 4.36. The van der Waals surface area contributed by atoms with Crippen LogP contribution in [-0.2, 0) is 9.53 Å². The third kappa shape index (κ3) is 7.18. The lowest BCUT2D eigenvalue weighted by atomic mass is 9.97. The van der Waals surface area contributed by atoms with E-state index in [4.69, 9.17) is 10.00 Å². The van der Waals surface area contributed by atoms with Gasteiger partial charge in [0.1, 0.15) is 5.60 Å². The van der Waals surface area contributed by atoms with Crippen LogP contribution in [0.15, 0.2) is 24.3 Å². The minimum Gasteiger partial charge on any atom is -0.444 e. The van der Waals surface area contributed by atoms with Gasteiger partial charge in [-0.2, -0.15) is 5.26 Å². The summed E-state index contributed by atoms with van der Waals surface area (Å²) in [5.74, 6) is 0.408. The highest BCUT2D eigenvalue weighted by molar-refractivity contribution is 5.81. The van der Waals surface area contributed by atoms with Crippen LogP contribution in [0, 0.1) is 17.2 Å². The molecule has 1 heterocycles. The number of nitrogens with one attached hydrogen (secondary N) is 2. The van der Waals surface area contributed by atoms with Gasteiger partial charge < -0.3 is 20.3 Å². The van der Waals surface area contributed by atoms with Crippen molar-refractivity contribution >= 4 is 17.7 Å². The Labute approximate surface area is 160 Å². The van der Waals surface area contributed by atoms with Gasteiger partial charge >= 0.3 is 6.09 Å². The summed E-state index contributed by atoms with van der Waals surface area (Å²) in [7, 11) is 0. The Morgan fingerprint density at radius 3 is 2.41 bits per heavy atom. The fraction of sp³-hybridized carbons (Fsp3) is 0.550. The van der Waals surface area contributed by atoms with Crippen molar-refractivity contribution in [2.24, 2.45) is 5.92 Å². The molecule has 0 radical (unpaired) electrons. The van der Waals surface area contributed by atoms with E-state index >= 15 is 0 Å². The first kappa shape index (κ1) is 20.6. The van der Waals surface area contributed by atoms with E-state index in [-0.39, 0.29) is 12.5 Å². The van der Waals surface area contributed by atoms with Crippen molar-refractivity contribution in [3.8, 4) is 6.07 Å². The number of alkyl carbamates (subject to hydrolysis) is 1. The molecule has 7 heteroatoms. The lowest BCUT2D eigenvalue weighted by molar-refractivity contribution is -0.130. The molecular formula is C20H28N4O3. The van der Waals surface area contributed by atoms with Crippen LogP contribution in [0.3, 0.4) is 0 Å². The molecule has 0 saturated carbocycles. The molecule has 0 bridgehead atoms. The second-order valence-corrected chi connectivity index (χ2v) is 7.75. The molecule has 0 aromatic heterocycles. The van der Waals surface area contributed by atoms with Crippen molar-refractivity contribution < 1.29 is 14.3 Å². The summed E-state index contributed by atoms with van der Waals surface area (Å²) in [6.07, 6.45) is 1.32. The second kappa shape index (κ2) is 9.26. The second-order valence-electron chi connectivity index (χ2n) is 7.75. The molecule has 1 saturated heterocycles. The maximum Gasteiger partial charge on any atom is 0.407 e. The Balaban J connectivity index is 1.67. The Morgan fingerprint density at radius 1 is 1.22 bits per heavy atom. The van der Waals surface area contributed by atoms with Crippen molar-refractivity contribution in [2.75, 3.05) is 31.5 Å².